The van der Waals surface area contributed by atoms with Crippen molar-refractivity contribution >= 4 is 0 Å². The first-order valence-corrected chi connectivity index (χ1v) is 7.08. The Bertz CT molecular complexity index is 198. The summed E-state index contributed by atoms with van der Waals surface area (Å²) in [4.78, 5) is 2.37. The number of likely N-dealkylation sites (tertiary alicyclic amines) is 1. The van der Waals surface area contributed by atoms with Gasteiger partial charge in [0.05, 0.1) is 18.3 Å². The van der Waals surface area contributed by atoms with Crippen LogP contribution in [0.25, 0.3) is 0 Å². The molecule has 0 saturated carbocycles. The SMILES string of the molecule is CCC(C)(C)OC[C@@H](O)CN1CCCCCC1. The summed E-state index contributed by atoms with van der Waals surface area (Å²) in [5.74, 6) is 0. The third-order valence-corrected chi connectivity index (χ3v) is 3.69. The highest BCUT2D eigenvalue weighted by Gasteiger charge is 2.19. The van der Waals surface area contributed by atoms with E-state index in [4.69, 9.17) is 4.74 Å². The minimum atomic E-state index is -0.348. The highest BCUT2D eigenvalue weighted by molar-refractivity contribution is 4.70. The van der Waals surface area contributed by atoms with Crippen LogP contribution in [0.3, 0.4) is 0 Å². The van der Waals surface area contributed by atoms with Crippen molar-refractivity contribution in [3.05, 3.63) is 0 Å². The summed E-state index contributed by atoms with van der Waals surface area (Å²) in [5.41, 5.74) is -0.111. The van der Waals surface area contributed by atoms with E-state index in [1.54, 1.807) is 0 Å². The van der Waals surface area contributed by atoms with Crippen molar-refractivity contribution < 1.29 is 9.84 Å². The van der Waals surface area contributed by atoms with Gasteiger partial charge in [0.15, 0.2) is 0 Å². The van der Waals surface area contributed by atoms with Crippen molar-refractivity contribution in [3.63, 3.8) is 0 Å². The highest BCUT2D eigenvalue weighted by Crippen LogP contribution is 2.14. The summed E-state index contributed by atoms with van der Waals surface area (Å²) in [5, 5.41) is 9.99. The van der Waals surface area contributed by atoms with Crippen LogP contribution in [0.1, 0.15) is 52.9 Å². The zero-order valence-electron chi connectivity index (χ0n) is 11.7. The van der Waals surface area contributed by atoms with Crippen LogP contribution >= 0.6 is 0 Å². The van der Waals surface area contributed by atoms with Crippen LogP contribution in [0.15, 0.2) is 0 Å². The Morgan fingerprint density at radius 2 is 1.76 bits per heavy atom. The lowest BCUT2D eigenvalue weighted by atomic mass is 10.1. The van der Waals surface area contributed by atoms with Crippen LogP contribution in [-0.4, -0.2) is 48.0 Å². The molecule has 0 bridgehead atoms. The molecule has 1 aliphatic rings. The number of rotatable bonds is 6. The molecule has 3 nitrogen and oxygen atoms in total. The third kappa shape index (κ3) is 6.39. The second kappa shape index (κ2) is 7.34. The van der Waals surface area contributed by atoms with E-state index in [0.717, 1.165) is 26.1 Å². The Labute approximate surface area is 106 Å². The zero-order chi connectivity index (χ0) is 12.7. The van der Waals surface area contributed by atoms with Gasteiger partial charge >= 0.3 is 0 Å². The standard InChI is InChI=1S/C14H29NO2/c1-4-14(2,3)17-12-13(16)11-15-9-7-5-6-8-10-15/h13,16H,4-12H2,1-3H3/t13-/m0/s1. The molecule has 1 rings (SSSR count). The van der Waals surface area contributed by atoms with Crippen molar-refractivity contribution in [2.45, 2.75) is 64.6 Å². The van der Waals surface area contributed by atoms with Crippen molar-refractivity contribution in [2.75, 3.05) is 26.2 Å². The van der Waals surface area contributed by atoms with Gasteiger partial charge in [0.1, 0.15) is 0 Å². The molecule has 1 saturated heterocycles. The summed E-state index contributed by atoms with van der Waals surface area (Å²) in [6, 6.07) is 0. The lowest BCUT2D eigenvalue weighted by Gasteiger charge is -2.28. The number of ether oxygens (including phenoxy) is 1. The summed E-state index contributed by atoms with van der Waals surface area (Å²) in [6.45, 7) is 9.75. The molecular weight excluding hydrogens is 214 g/mol. The molecule has 0 aromatic carbocycles. The third-order valence-electron chi connectivity index (χ3n) is 3.69. The molecule has 1 aliphatic heterocycles. The van der Waals surface area contributed by atoms with Crippen molar-refractivity contribution in [1.29, 1.82) is 0 Å². The van der Waals surface area contributed by atoms with Crippen LogP contribution in [0.4, 0.5) is 0 Å². The molecule has 1 N–H and O–H groups in total. The maximum atomic E-state index is 9.99. The van der Waals surface area contributed by atoms with E-state index in [9.17, 15) is 5.11 Å². The van der Waals surface area contributed by atoms with Crippen LogP contribution in [0.2, 0.25) is 0 Å². The van der Waals surface area contributed by atoms with Crippen LogP contribution in [-0.2, 0) is 4.74 Å². The number of β-amino-alcohol motifs (C(OH)–C–C–N with tert-alkyl or cyclic N) is 1. The van der Waals surface area contributed by atoms with Gasteiger partial charge in [-0.15, -0.1) is 0 Å². The molecule has 1 heterocycles. The Balaban J connectivity index is 2.21. The smallest absolute Gasteiger partial charge is 0.0900 e. The lowest BCUT2D eigenvalue weighted by Crippen LogP contribution is -2.37. The zero-order valence-corrected chi connectivity index (χ0v) is 11.7. The Morgan fingerprint density at radius 3 is 2.29 bits per heavy atom. The maximum Gasteiger partial charge on any atom is 0.0900 e. The van der Waals surface area contributed by atoms with Gasteiger partial charge in [-0.1, -0.05) is 19.8 Å². The molecule has 102 valence electrons. The topological polar surface area (TPSA) is 32.7 Å². The molecule has 1 fully saturated rings. The highest BCUT2D eigenvalue weighted by atomic mass is 16.5. The second-order valence-electron chi connectivity index (χ2n) is 5.79. The molecule has 0 radical (unpaired) electrons. The maximum absolute atomic E-state index is 9.99. The molecule has 0 unspecified atom stereocenters. The summed E-state index contributed by atoms with van der Waals surface area (Å²) < 4.78 is 5.74. The van der Waals surface area contributed by atoms with Gasteiger partial charge in [-0.2, -0.15) is 0 Å². The van der Waals surface area contributed by atoms with Gasteiger partial charge in [0.2, 0.25) is 0 Å². The predicted molar refractivity (Wildman–Crippen MR) is 71.2 cm³/mol. The van der Waals surface area contributed by atoms with Crippen molar-refractivity contribution in [2.24, 2.45) is 0 Å². The molecular formula is C14H29NO2. The van der Waals surface area contributed by atoms with Gasteiger partial charge in [-0.3, -0.25) is 0 Å². The van der Waals surface area contributed by atoms with Gasteiger partial charge in [-0.05, 0) is 46.2 Å². The minimum absolute atomic E-state index is 0.111. The first-order chi connectivity index (χ1) is 8.03. The van der Waals surface area contributed by atoms with E-state index < -0.39 is 0 Å². The summed E-state index contributed by atoms with van der Waals surface area (Å²) >= 11 is 0. The number of nitrogens with zero attached hydrogens (tertiary/aromatic N) is 1. The molecule has 0 aromatic heterocycles. The van der Waals surface area contributed by atoms with E-state index in [1.807, 2.05) is 0 Å². The molecule has 0 amide bonds. The normalized spacial score (nSPS) is 21.2. The van der Waals surface area contributed by atoms with Crippen molar-refractivity contribution in [3.8, 4) is 0 Å². The first-order valence-electron chi connectivity index (χ1n) is 7.08. The van der Waals surface area contributed by atoms with Crippen LogP contribution < -0.4 is 0 Å². The number of aliphatic hydroxyl groups excluding tert-OH is 1. The van der Waals surface area contributed by atoms with E-state index in [2.05, 4.69) is 25.7 Å². The fourth-order valence-corrected chi connectivity index (χ4v) is 2.09. The second-order valence-corrected chi connectivity index (χ2v) is 5.79. The molecule has 0 spiro atoms. The Morgan fingerprint density at radius 1 is 1.18 bits per heavy atom. The van der Waals surface area contributed by atoms with Gasteiger partial charge in [-0.25, -0.2) is 0 Å². The van der Waals surface area contributed by atoms with E-state index in [0.29, 0.717) is 6.61 Å². The van der Waals surface area contributed by atoms with Gasteiger partial charge < -0.3 is 14.7 Å². The Kier molecular flexibility index (Phi) is 6.45. The van der Waals surface area contributed by atoms with E-state index in [1.165, 1.54) is 25.7 Å². The monoisotopic (exact) mass is 243 g/mol. The fraction of sp³-hybridized carbons (Fsp3) is 1.00. The fourth-order valence-electron chi connectivity index (χ4n) is 2.09. The Hall–Kier alpha value is -0.120. The van der Waals surface area contributed by atoms with E-state index >= 15 is 0 Å². The van der Waals surface area contributed by atoms with Crippen molar-refractivity contribution in [1.82, 2.24) is 4.90 Å². The van der Waals surface area contributed by atoms with Gasteiger partial charge in [0.25, 0.3) is 0 Å². The molecule has 17 heavy (non-hydrogen) atoms. The molecule has 3 heteroatoms. The minimum Gasteiger partial charge on any atom is -0.389 e. The molecule has 0 aliphatic carbocycles. The average molecular weight is 243 g/mol. The lowest BCUT2D eigenvalue weighted by molar-refractivity contribution is -0.0670. The average Bonchev–Trinajstić information content (AvgIpc) is 2.55. The van der Waals surface area contributed by atoms with Crippen LogP contribution in [0.5, 0.6) is 0 Å². The summed E-state index contributed by atoms with van der Waals surface area (Å²) in [7, 11) is 0. The molecule has 1 atom stereocenters. The first kappa shape index (κ1) is 14.9. The van der Waals surface area contributed by atoms with Crippen LogP contribution in [0, 0.1) is 0 Å². The molecule has 0 aromatic rings. The number of aliphatic hydroxyl groups is 1. The van der Waals surface area contributed by atoms with Gasteiger partial charge in [0, 0.05) is 6.54 Å². The summed E-state index contributed by atoms with van der Waals surface area (Å²) in [6.07, 6.45) is 5.85. The number of hydrogen-bond donors (Lipinski definition) is 1. The number of hydrogen-bond acceptors (Lipinski definition) is 3. The quantitative estimate of drug-likeness (QED) is 0.777. The largest absolute Gasteiger partial charge is 0.389 e. The van der Waals surface area contributed by atoms with E-state index in [-0.39, 0.29) is 11.7 Å². The predicted octanol–water partition coefficient (Wildman–Crippen LogP) is 2.43.